The lowest BCUT2D eigenvalue weighted by Gasteiger charge is -2.32. The zero-order chi connectivity index (χ0) is 19.4. The average Bonchev–Trinajstić information content (AvgIpc) is 2.68. The van der Waals surface area contributed by atoms with Crippen LogP contribution in [0.25, 0.3) is 0 Å². The van der Waals surface area contributed by atoms with Crippen molar-refractivity contribution in [3.8, 4) is 0 Å². The number of primary amides is 1. The number of rotatable bonds is 6. The molecule has 0 radical (unpaired) electrons. The maximum absolute atomic E-state index is 11.4. The highest BCUT2D eigenvalue weighted by molar-refractivity contribution is 5.76. The van der Waals surface area contributed by atoms with Crippen molar-refractivity contribution in [1.29, 1.82) is 0 Å². The fraction of sp³-hybridized carbons (Fsp3) is 0.720. The van der Waals surface area contributed by atoms with Gasteiger partial charge in [0, 0.05) is 5.92 Å². The van der Waals surface area contributed by atoms with Crippen LogP contribution in [0.5, 0.6) is 0 Å². The summed E-state index contributed by atoms with van der Waals surface area (Å²) in [5.74, 6) is 3.99. The van der Waals surface area contributed by atoms with Gasteiger partial charge >= 0.3 is 0 Å². The van der Waals surface area contributed by atoms with Gasteiger partial charge in [-0.25, -0.2) is 0 Å². The summed E-state index contributed by atoms with van der Waals surface area (Å²) < 4.78 is 0. The Labute approximate surface area is 166 Å². The molecule has 0 heterocycles. The molecule has 0 saturated heterocycles. The van der Waals surface area contributed by atoms with Crippen LogP contribution in [0.3, 0.4) is 0 Å². The number of hydrogen-bond donors (Lipinski definition) is 1. The maximum atomic E-state index is 11.4. The minimum atomic E-state index is -0.0963. The third kappa shape index (κ3) is 5.36. The summed E-state index contributed by atoms with van der Waals surface area (Å²) in [7, 11) is 0. The second-order valence-corrected chi connectivity index (χ2v) is 9.80. The minimum absolute atomic E-state index is 0.0963. The summed E-state index contributed by atoms with van der Waals surface area (Å²) in [5, 5.41) is 0. The van der Waals surface area contributed by atoms with Crippen molar-refractivity contribution in [2.24, 2.45) is 35.3 Å². The summed E-state index contributed by atoms with van der Waals surface area (Å²) in [6, 6.07) is 9.43. The lowest BCUT2D eigenvalue weighted by atomic mass is 9.73. The molecule has 150 valence electrons. The zero-order valence-corrected chi connectivity index (χ0v) is 17.6. The van der Waals surface area contributed by atoms with E-state index >= 15 is 0 Å². The summed E-state index contributed by atoms with van der Waals surface area (Å²) in [6.45, 7) is 7.16. The molecular formula is C25H39NO. The Bertz CT molecular complexity index is 607. The van der Waals surface area contributed by atoms with Crippen molar-refractivity contribution >= 4 is 5.91 Å². The summed E-state index contributed by atoms with van der Waals surface area (Å²) in [4.78, 5) is 11.4. The molecule has 1 amide bonds. The van der Waals surface area contributed by atoms with E-state index in [1.54, 1.807) is 5.56 Å². The van der Waals surface area contributed by atoms with Crippen LogP contribution in [0.2, 0.25) is 0 Å². The first-order chi connectivity index (χ1) is 12.9. The Balaban J connectivity index is 1.54. The number of carbonyl (C=O) groups is 1. The third-order valence-electron chi connectivity index (χ3n) is 7.67. The van der Waals surface area contributed by atoms with Crippen LogP contribution in [0.4, 0.5) is 0 Å². The molecule has 0 spiro atoms. The van der Waals surface area contributed by atoms with Gasteiger partial charge < -0.3 is 5.73 Å². The molecule has 2 heteroatoms. The Morgan fingerprint density at radius 2 is 1.59 bits per heavy atom. The molecule has 1 unspecified atom stereocenters. The lowest BCUT2D eigenvalue weighted by molar-refractivity contribution is -0.123. The molecule has 0 aliphatic heterocycles. The van der Waals surface area contributed by atoms with Crippen LogP contribution in [-0.2, 0) is 11.2 Å². The Morgan fingerprint density at radius 3 is 2.19 bits per heavy atom. The summed E-state index contributed by atoms with van der Waals surface area (Å²) >= 11 is 0. The van der Waals surface area contributed by atoms with E-state index in [0.717, 1.165) is 49.4 Å². The van der Waals surface area contributed by atoms with Gasteiger partial charge in [0.25, 0.3) is 0 Å². The molecule has 0 bridgehead atoms. The molecule has 1 aromatic rings. The highest BCUT2D eigenvalue weighted by atomic mass is 16.1. The van der Waals surface area contributed by atoms with E-state index in [-0.39, 0.29) is 11.8 Å². The van der Waals surface area contributed by atoms with Crippen LogP contribution in [0, 0.1) is 29.6 Å². The molecule has 2 aliphatic rings. The first kappa shape index (κ1) is 20.4. The molecule has 0 aromatic heterocycles. The molecular weight excluding hydrogens is 330 g/mol. The van der Waals surface area contributed by atoms with Crippen LogP contribution in [-0.4, -0.2) is 5.91 Å². The second-order valence-electron chi connectivity index (χ2n) is 9.80. The first-order valence-electron chi connectivity index (χ1n) is 11.3. The molecule has 2 N–H and O–H groups in total. The van der Waals surface area contributed by atoms with E-state index in [0.29, 0.717) is 5.92 Å². The zero-order valence-electron chi connectivity index (χ0n) is 17.6. The van der Waals surface area contributed by atoms with Gasteiger partial charge in [0.2, 0.25) is 5.91 Å². The van der Waals surface area contributed by atoms with Crippen LogP contribution in [0.15, 0.2) is 24.3 Å². The van der Waals surface area contributed by atoms with Gasteiger partial charge in [0.05, 0.1) is 0 Å². The SMILES string of the molecule is CC(C)C1CCC(c2cccc(CC(C)C3CCC(C(N)=O)CC3)c2)CC1. The minimum Gasteiger partial charge on any atom is -0.369 e. The van der Waals surface area contributed by atoms with Crippen LogP contribution in [0.1, 0.15) is 89.2 Å². The predicted octanol–water partition coefficient (Wildman–Crippen LogP) is 6.09. The number of benzene rings is 1. The smallest absolute Gasteiger partial charge is 0.220 e. The van der Waals surface area contributed by atoms with Gasteiger partial charge in [-0.2, -0.15) is 0 Å². The molecule has 2 nitrogen and oxygen atoms in total. The van der Waals surface area contributed by atoms with Gasteiger partial charge in [-0.05, 0) is 98.5 Å². The average molecular weight is 370 g/mol. The normalized spacial score (nSPS) is 30.2. The third-order valence-corrected chi connectivity index (χ3v) is 7.67. The van der Waals surface area contributed by atoms with Crippen LogP contribution < -0.4 is 5.73 Å². The van der Waals surface area contributed by atoms with Crippen molar-refractivity contribution < 1.29 is 4.79 Å². The highest BCUT2D eigenvalue weighted by Gasteiger charge is 2.28. The molecule has 1 aromatic carbocycles. The molecule has 27 heavy (non-hydrogen) atoms. The van der Waals surface area contributed by atoms with E-state index in [4.69, 9.17) is 5.73 Å². The summed E-state index contributed by atoms with van der Waals surface area (Å²) in [6.07, 6.45) is 11.0. The van der Waals surface area contributed by atoms with Gasteiger partial charge in [0.1, 0.15) is 0 Å². The highest BCUT2D eigenvalue weighted by Crippen LogP contribution is 2.39. The maximum Gasteiger partial charge on any atom is 0.220 e. The molecule has 2 fully saturated rings. The topological polar surface area (TPSA) is 43.1 Å². The second kappa shape index (κ2) is 9.26. The lowest BCUT2D eigenvalue weighted by Crippen LogP contribution is -2.29. The fourth-order valence-electron chi connectivity index (χ4n) is 5.60. The summed E-state index contributed by atoms with van der Waals surface area (Å²) in [5.41, 5.74) is 8.56. The largest absolute Gasteiger partial charge is 0.369 e. The molecule has 2 aliphatic carbocycles. The van der Waals surface area contributed by atoms with Crippen molar-refractivity contribution in [3.05, 3.63) is 35.4 Å². The van der Waals surface area contributed by atoms with Crippen molar-refractivity contribution in [1.82, 2.24) is 0 Å². The predicted molar refractivity (Wildman–Crippen MR) is 113 cm³/mol. The Hall–Kier alpha value is -1.31. The van der Waals surface area contributed by atoms with Gasteiger partial charge in [-0.3, -0.25) is 4.79 Å². The Kier molecular flexibility index (Phi) is 7.00. The monoisotopic (exact) mass is 369 g/mol. The van der Waals surface area contributed by atoms with Gasteiger partial charge in [-0.1, -0.05) is 45.0 Å². The van der Waals surface area contributed by atoms with E-state index < -0.39 is 0 Å². The number of carbonyl (C=O) groups excluding carboxylic acids is 1. The van der Waals surface area contributed by atoms with E-state index in [2.05, 4.69) is 45.0 Å². The van der Waals surface area contributed by atoms with Crippen molar-refractivity contribution in [2.45, 2.75) is 84.5 Å². The van der Waals surface area contributed by atoms with Gasteiger partial charge in [0.15, 0.2) is 0 Å². The number of hydrogen-bond acceptors (Lipinski definition) is 1. The van der Waals surface area contributed by atoms with E-state index in [1.807, 2.05) is 0 Å². The molecule has 3 rings (SSSR count). The molecule has 1 atom stereocenters. The Morgan fingerprint density at radius 1 is 0.963 bits per heavy atom. The van der Waals surface area contributed by atoms with Gasteiger partial charge in [-0.15, -0.1) is 0 Å². The van der Waals surface area contributed by atoms with Crippen LogP contribution >= 0.6 is 0 Å². The number of nitrogens with two attached hydrogens (primary N) is 1. The first-order valence-corrected chi connectivity index (χ1v) is 11.3. The standard InChI is InChI=1S/C25H39NO/c1-17(2)20-7-11-22(12-8-20)24-6-4-5-19(16-24)15-18(3)21-9-13-23(14-10-21)25(26)27/h4-6,16-18,20-23H,7-15H2,1-3H3,(H2,26,27). The van der Waals surface area contributed by atoms with Crippen molar-refractivity contribution in [2.75, 3.05) is 0 Å². The van der Waals surface area contributed by atoms with E-state index in [1.165, 1.54) is 37.7 Å². The fourth-order valence-corrected chi connectivity index (χ4v) is 5.60. The number of amides is 1. The van der Waals surface area contributed by atoms with E-state index in [9.17, 15) is 4.79 Å². The molecule has 2 saturated carbocycles. The quantitative estimate of drug-likeness (QED) is 0.648. The van der Waals surface area contributed by atoms with Crippen molar-refractivity contribution in [3.63, 3.8) is 0 Å².